The van der Waals surface area contributed by atoms with E-state index in [0.717, 1.165) is 24.2 Å². The SMILES string of the molecule is COc1ccc(CCC(=O)N2CCOCC2Cc2ccccc2)cc1. The molecule has 132 valence electrons. The van der Waals surface area contributed by atoms with Gasteiger partial charge in [-0.15, -0.1) is 0 Å². The van der Waals surface area contributed by atoms with Gasteiger partial charge in [-0.05, 0) is 36.1 Å². The van der Waals surface area contributed by atoms with Gasteiger partial charge < -0.3 is 14.4 Å². The van der Waals surface area contributed by atoms with E-state index < -0.39 is 0 Å². The summed E-state index contributed by atoms with van der Waals surface area (Å²) < 4.78 is 10.8. The van der Waals surface area contributed by atoms with Gasteiger partial charge in [0.2, 0.25) is 5.91 Å². The summed E-state index contributed by atoms with van der Waals surface area (Å²) in [7, 11) is 1.66. The zero-order chi connectivity index (χ0) is 17.5. The average molecular weight is 339 g/mol. The van der Waals surface area contributed by atoms with E-state index in [1.54, 1.807) is 7.11 Å². The summed E-state index contributed by atoms with van der Waals surface area (Å²) in [4.78, 5) is 14.7. The molecule has 1 saturated heterocycles. The molecule has 1 aliphatic heterocycles. The fourth-order valence-corrected chi connectivity index (χ4v) is 3.23. The summed E-state index contributed by atoms with van der Waals surface area (Å²) in [6.07, 6.45) is 2.12. The Morgan fingerprint density at radius 1 is 1.12 bits per heavy atom. The highest BCUT2D eigenvalue weighted by Gasteiger charge is 2.27. The molecule has 1 unspecified atom stereocenters. The highest BCUT2D eigenvalue weighted by Crippen LogP contribution is 2.17. The maximum absolute atomic E-state index is 12.7. The number of hydrogen-bond acceptors (Lipinski definition) is 3. The van der Waals surface area contributed by atoms with Crippen LogP contribution < -0.4 is 4.74 Å². The van der Waals surface area contributed by atoms with Gasteiger partial charge in [0, 0.05) is 13.0 Å². The van der Waals surface area contributed by atoms with Crippen LogP contribution in [0.4, 0.5) is 0 Å². The first kappa shape index (κ1) is 17.5. The predicted molar refractivity (Wildman–Crippen MR) is 97.8 cm³/mol. The van der Waals surface area contributed by atoms with Crippen molar-refractivity contribution in [2.24, 2.45) is 0 Å². The zero-order valence-electron chi connectivity index (χ0n) is 14.7. The molecule has 2 aromatic carbocycles. The Balaban J connectivity index is 1.58. The Hall–Kier alpha value is -2.33. The quantitative estimate of drug-likeness (QED) is 0.812. The third-order valence-corrected chi connectivity index (χ3v) is 4.65. The zero-order valence-corrected chi connectivity index (χ0v) is 14.7. The van der Waals surface area contributed by atoms with E-state index in [1.165, 1.54) is 5.56 Å². The number of amides is 1. The van der Waals surface area contributed by atoms with Gasteiger partial charge >= 0.3 is 0 Å². The first-order valence-corrected chi connectivity index (χ1v) is 8.80. The Bertz CT molecular complexity index is 669. The average Bonchev–Trinajstić information content (AvgIpc) is 2.68. The van der Waals surface area contributed by atoms with Gasteiger partial charge in [-0.1, -0.05) is 42.5 Å². The number of carbonyl (C=O) groups excluding carboxylic acids is 1. The van der Waals surface area contributed by atoms with Gasteiger partial charge in [-0.25, -0.2) is 0 Å². The molecule has 4 nitrogen and oxygen atoms in total. The number of nitrogens with zero attached hydrogens (tertiary/aromatic N) is 1. The maximum Gasteiger partial charge on any atom is 0.223 e. The van der Waals surface area contributed by atoms with E-state index in [9.17, 15) is 4.79 Å². The molecule has 0 radical (unpaired) electrons. The molecule has 1 aliphatic rings. The van der Waals surface area contributed by atoms with Crippen molar-refractivity contribution in [3.8, 4) is 5.75 Å². The van der Waals surface area contributed by atoms with Crippen molar-refractivity contribution in [3.05, 3.63) is 65.7 Å². The normalized spacial score (nSPS) is 17.3. The van der Waals surface area contributed by atoms with Crippen molar-refractivity contribution in [3.63, 3.8) is 0 Å². The third kappa shape index (κ3) is 4.83. The highest BCUT2D eigenvalue weighted by molar-refractivity contribution is 5.77. The number of methoxy groups -OCH3 is 1. The Morgan fingerprint density at radius 2 is 1.88 bits per heavy atom. The lowest BCUT2D eigenvalue weighted by Gasteiger charge is -2.36. The van der Waals surface area contributed by atoms with Gasteiger partial charge in [0.05, 0.1) is 26.4 Å². The van der Waals surface area contributed by atoms with Crippen molar-refractivity contribution in [2.75, 3.05) is 26.9 Å². The molecule has 1 fully saturated rings. The molecule has 0 bridgehead atoms. The maximum atomic E-state index is 12.7. The molecule has 1 atom stereocenters. The molecular weight excluding hydrogens is 314 g/mol. The Morgan fingerprint density at radius 3 is 2.60 bits per heavy atom. The number of ether oxygens (including phenoxy) is 2. The second-order valence-corrected chi connectivity index (χ2v) is 6.35. The van der Waals surface area contributed by atoms with Gasteiger partial charge in [0.25, 0.3) is 0 Å². The summed E-state index contributed by atoms with van der Waals surface area (Å²) in [5.74, 6) is 1.05. The molecule has 0 N–H and O–H groups in total. The predicted octanol–water partition coefficient (Wildman–Crippen LogP) is 3.10. The molecule has 2 aromatic rings. The standard InChI is InChI=1S/C21H25NO3/c1-24-20-10-7-17(8-11-20)9-12-21(23)22-13-14-25-16-19(22)15-18-5-3-2-4-6-18/h2-8,10-11,19H,9,12-16H2,1H3. The topological polar surface area (TPSA) is 38.8 Å². The van der Waals surface area contributed by atoms with Gasteiger partial charge in [0.15, 0.2) is 0 Å². The van der Waals surface area contributed by atoms with E-state index in [-0.39, 0.29) is 11.9 Å². The van der Waals surface area contributed by atoms with E-state index in [1.807, 2.05) is 47.4 Å². The van der Waals surface area contributed by atoms with E-state index >= 15 is 0 Å². The minimum Gasteiger partial charge on any atom is -0.497 e. The van der Waals surface area contributed by atoms with Gasteiger partial charge in [-0.3, -0.25) is 4.79 Å². The van der Waals surface area contributed by atoms with Crippen LogP contribution >= 0.6 is 0 Å². The lowest BCUT2D eigenvalue weighted by Crippen LogP contribution is -2.49. The molecule has 0 spiro atoms. The summed E-state index contributed by atoms with van der Waals surface area (Å²) in [6, 6.07) is 18.3. The van der Waals surface area contributed by atoms with Gasteiger partial charge in [-0.2, -0.15) is 0 Å². The van der Waals surface area contributed by atoms with Crippen molar-refractivity contribution in [1.29, 1.82) is 0 Å². The molecule has 1 amide bonds. The second kappa shape index (κ2) is 8.67. The van der Waals surface area contributed by atoms with Crippen LogP contribution in [-0.4, -0.2) is 43.7 Å². The van der Waals surface area contributed by atoms with Crippen LogP contribution in [0.2, 0.25) is 0 Å². The molecular formula is C21H25NO3. The van der Waals surface area contributed by atoms with Crippen LogP contribution in [0.15, 0.2) is 54.6 Å². The number of hydrogen-bond donors (Lipinski definition) is 0. The van der Waals surface area contributed by atoms with Crippen molar-refractivity contribution in [2.45, 2.75) is 25.3 Å². The van der Waals surface area contributed by atoms with E-state index in [0.29, 0.717) is 26.2 Å². The highest BCUT2D eigenvalue weighted by atomic mass is 16.5. The lowest BCUT2D eigenvalue weighted by molar-refractivity contribution is -0.139. The third-order valence-electron chi connectivity index (χ3n) is 4.65. The lowest BCUT2D eigenvalue weighted by atomic mass is 10.0. The number of aryl methyl sites for hydroxylation is 1. The van der Waals surface area contributed by atoms with Crippen molar-refractivity contribution < 1.29 is 14.3 Å². The minimum atomic E-state index is 0.125. The minimum absolute atomic E-state index is 0.125. The molecule has 3 rings (SSSR count). The smallest absolute Gasteiger partial charge is 0.223 e. The first-order chi connectivity index (χ1) is 12.3. The fourth-order valence-electron chi connectivity index (χ4n) is 3.23. The van der Waals surface area contributed by atoms with Crippen molar-refractivity contribution in [1.82, 2.24) is 4.90 Å². The molecule has 4 heteroatoms. The molecule has 0 aromatic heterocycles. The van der Waals surface area contributed by atoms with Crippen LogP contribution in [0.3, 0.4) is 0 Å². The monoisotopic (exact) mass is 339 g/mol. The molecule has 1 heterocycles. The molecule has 25 heavy (non-hydrogen) atoms. The number of benzene rings is 2. The molecule has 0 aliphatic carbocycles. The van der Waals surface area contributed by atoms with Crippen LogP contribution in [-0.2, 0) is 22.4 Å². The van der Waals surface area contributed by atoms with Crippen LogP contribution in [0.1, 0.15) is 17.5 Å². The summed E-state index contributed by atoms with van der Waals surface area (Å²) in [6.45, 7) is 1.92. The van der Waals surface area contributed by atoms with Crippen LogP contribution in [0.5, 0.6) is 5.75 Å². The number of morpholine rings is 1. The Kier molecular flexibility index (Phi) is 6.07. The van der Waals surface area contributed by atoms with E-state index in [2.05, 4.69) is 12.1 Å². The van der Waals surface area contributed by atoms with E-state index in [4.69, 9.17) is 9.47 Å². The summed E-state index contributed by atoms with van der Waals surface area (Å²) in [5, 5.41) is 0. The number of rotatable bonds is 6. The first-order valence-electron chi connectivity index (χ1n) is 8.80. The molecule has 0 saturated carbocycles. The fraction of sp³-hybridized carbons (Fsp3) is 0.381. The number of carbonyl (C=O) groups is 1. The van der Waals surface area contributed by atoms with Crippen molar-refractivity contribution >= 4 is 5.91 Å². The van der Waals surface area contributed by atoms with Crippen LogP contribution in [0, 0.1) is 0 Å². The van der Waals surface area contributed by atoms with Crippen LogP contribution in [0.25, 0.3) is 0 Å². The second-order valence-electron chi connectivity index (χ2n) is 6.35. The summed E-state index contributed by atoms with van der Waals surface area (Å²) in [5.41, 5.74) is 2.40. The Labute approximate surface area is 149 Å². The van der Waals surface area contributed by atoms with Gasteiger partial charge in [0.1, 0.15) is 5.75 Å². The largest absolute Gasteiger partial charge is 0.497 e. The summed E-state index contributed by atoms with van der Waals surface area (Å²) >= 11 is 0.